The molecule has 2 aliphatic heterocycles. The summed E-state index contributed by atoms with van der Waals surface area (Å²) in [4.78, 5) is 14.9. The van der Waals surface area contributed by atoms with Crippen LogP contribution < -0.4 is 0 Å². The lowest BCUT2D eigenvalue weighted by molar-refractivity contribution is -0.137. The number of carbonyl (C=O) groups is 1. The van der Waals surface area contributed by atoms with Gasteiger partial charge in [-0.25, -0.2) is 16.8 Å². The molecule has 0 unspecified atom stereocenters. The van der Waals surface area contributed by atoms with Crippen LogP contribution >= 0.6 is 0 Å². The molecule has 10 heteroatoms. The smallest absolute Gasteiger partial charge is 0.243 e. The Morgan fingerprint density at radius 2 is 1.48 bits per heavy atom. The average Bonchev–Trinajstić information content (AvgIpc) is 2.80. The fraction of sp³-hybridized carbons (Fsp3) is 0.667. The van der Waals surface area contributed by atoms with Crippen molar-refractivity contribution in [2.45, 2.75) is 55.7 Å². The van der Waals surface area contributed by atoms with Gasteiger partial charge in [0, 0.05) is 39.3 Å². The second-order valence-corrected chi connectivity index (χ2v) is 12.0. The van der Waals surface area contributed by atoms with Gasteiger partial charge in [0.15, 0.2) is 0 Å². The highest BCUT2D eigenvalue weighted by Gasteiger charge is 2.35. The van der Waals surface area contributed by atoms with Gasteiger partial charge in [-0.15, -0.1) is 0 Å². The lowest BCUT2D eigenvalue weighted by atomic mass is 9.97. The maximum atomic E-state index is 13.2. The van der Waals surface area contributed by atoms with Gasteiger partial charge in [-0.05, 0) is 56.4 Å². The second-order valence-electron chi connectivity index (χ2n) is 8.15. The van der Waals surface area contributed by atoms with E-state index in [1.807, 2.05) is 4.90 Å². The van der Waals surface area contributed by atoms with Gasteiger partial charge in [-0.1, -0.05) is 13.8 Å². The number of likely N-dealkylation sites (tertiary alicyclic amines) is 1. The van der Waals surface area contributed by atoms with E-state index in [9.17, 15) is 21.6 Å². The molecule has 2 heterocycles. The number of carbonyl (C=O) groups excluding carboxylic acids is 1. The Labute approximate surface area is 186 Å². The van der Waals surface area contributed by atoms with E-state index in [0.717, 1.165) is 32.4 Å². The molecule has 2 fully saturated rings. The Bertz CT molecular complexity index is 967. The number of nitrogens with zero attached hydrogens (tertiary/aromatic N) is 3. The third-order valence-electron chi connectivity index (χ3n) is 6.21. The summed E-state index contributed by atoms with van der Waals surface area (Å²) in [7, 11) is -7.44. The van der Waals surface area contributed by atoms with Gasteiger partial charge in [-0.3, -0.25) is 4.79 Å². The SMILES string of the molecule is CCN(CC)S(=O)(=O)c1ccc(S(=O)(=O)N2CCC[C@@H](C(=O)N3CCCCC3)C2)cc1. The summed E-state index contributed by atoms with van der Waals surface area (Å²) in [6.07, 6.45) is 4.47. The minimum absolute atomic E-state index is 0.0528. The standard InChI is InChI=1S/C21H33N3O5S2/c1-3-23(4-2)30(26,27)19-10-12-20(13-11-19)31(28,29)24-16-8-9-18(17-24)21(25)22-14-6-5-7-15-22/h10-13,18H,3-9,14-17H2,1-2H3/t18-/m1/s1. The van der Waals surface area contributed by atoms with Gasteiger partial charge < -0.3 is 4.90 Å². The molecule has 3 rings (SSSR count). The van der Waals surface area contributed by atoms with Crippen LogP contribution in [0.4, 0.5) is 0 Å². The Hall–Kier alpha value is -1.49. The van der Waals surface area contributed by atoms with Crippen LogP contribution in [-0.4, -0.2) is 75.5 Å². The largest absolute Gasteiger partial charge is 0.342 e. The molecule has 0 radical (unpaired) electrons. The molecule has 8 nitrogen and oxygen atoms in total. The van der Waals surface area contributed by atoms with Crippen molar-refractivity contribution >= 4 is 26.0 Å². The summed E-state index contributed by atoms with van der Waals surface area (Å²) in [6.45, 7) is 6.27. The molecular weight excluding hydrogens is 438 g/mol. The van der Waals surface area contributed by atoms with E-state index in [0.29, 0.717) is 32.5 Å². The first-order valence-electron chi connectivity index (χ1n) is 11.1. The lowest BCUT2D eigenvalue weighted by Gasteiger charge is -2.35. The van der Waals surface area contributed by atoms with Crippen molar-refractivity contribution in [3.8, 4) is 0 Å². The zero-order valence-corrected chi connectivity index (χ0v) is 20.0. The van der Waals surface area contributed by atoms with E-state index >= 15 is 0 Å². The van der Waals surface area contributed by atoms with Crippen LogP contribution in [0.3, 0.4) is 0 Å². The number of hydrogen-bond acceptors (Lipinski definition) is 5. The van der Waals surface area contributed by atoms with E-state index in [2.05, 4.69) is 0 Å². The highest BCUT2D eigenvalue weighted by molar-refractivity contribution is 7.89. The fourth-order valence-electron chi connectivity index (χ4n) is 4.38. The highest BCUT2D eigenvalue weighted by atomic mass is 32.2. The van der Waals surface area contributed by atoms with Gasteiger partial charge in [-0.2, -0.15) is 8.61 Å². The molecular formula is C21H33N3O5S2. The van der Waals surface area contributed by atoms with E-state index in [1.165, 1.54) is 32.9 Å². The van der Waals surface area contributed by atoms with E-state index in [-0.39, 0.29) is 28.2 Å². The van der Waals surface area contributed by atoms with E-state index in [1.54, 1.807) is 13.8 Å². The van der Waals surface area contributed by atoms with Crippen molar-refractivity contribution in [1.82, 2.24) is 13.5 Å². The molecule has 31 heavy (non-hydrogen) atoms. The minimum Gasteiger partial charge on any atom is -0.342 e. The highest BCUT2D eigenvalue weighted by Crippen LogP contribution is 2.27. The molecule has 0 aliphatic carbocycles. The Morgan fingerprint density at radius 1 is 0.903 bits per heavy atom. The fourth-order valence-corrected chi connectivity index (χ4v) is 7.36. The Kier molecular flexibility index (Phi) is 7.77. The topological polar surface area (TPSA) is 95.1 Å². The number of benzene rings is 1. The zero-order valence-electron chi connectivity index (χ0n) is 18.4. The number of hydrogen-bond donors (Lipinski definition) is 0. The first kappa shape index (κ1) is 24.2. The molecule has 1 aromatic carbocycles. The molecule has 0 N–H and O–H groups in total. The summed E-state index contributed by atoms with van der Waals surface area (Å²) in [5.41, 5.74) is 0. The van der Waals surface area contributed by atoms with Gasteiger partial charge in [0.05, 0.1) is 15.7 Å². The molecule has 1 atom stereocenters. The van der Waals surface area contributed by atoms with Crippen molar-refractivity contribution in [2.75, 3.05) is 39.3 Å². The zero-order chi connectivity index (χ0) is 22.6. The van der Waals surface area contributed by atoms with Gasteiger partial charge in [0.2, 0.25) is 26.0 Å². The Morgan fingerprint density at radius 3 is 2.06 bits per heavy atom. The van der Waals surface area contributed by atoms with Crippen molar-refractivity contribution in [3.63, 3.8) is 0 Å². The quantitative estimate of drug-likeness (QED) is 0.607. The molecule has 2 saturated heterocycles. The summed E-state index contributed by atoms with van der Waals surface area (Å²) >= 11 is 0. The molecule has 1 amide bonds. The predicted molar refractivity (Wildman–Crippen MR) is 118 cm³/mol. The van der Waals surface area contributed by atoms with Crippen LogP contribution in [0, 0.1) is 5.92 Å². The number of rotatable bonds is 7. The average molecular weight is 472 g/mol. The third-order valence-corrected chi connectivity index (χ3v) is 10.1. The van der Waals surface area contributed by atoms with Crippen molar-refractivity contribution < 1.29 is 21.6 Å². The van der Waals surface area contributed by atoms with Crippen LogP contribution in [0.2, 0.25) is 0 Å². The van der Waals surface area contributed by atoms with Gasteiger partial charge >= 0.3 is 0 Å². The van der Waals surface area contributed by atoms with E-state index in [4.69, 9.17) is 0 Å². The predicted octanol–water partition coefficient (Wildman–Crippen LogP) is 2.13. The monoisotopic (exact) mass is 471 g/mol. The minimum atomic E-state index is -3.80. The summed E-state index contributed by atoms with van der Waals surface area (Å²) in [5, 5.41) is 0. The second kappa shape index (κ2) is 9.97. The molecule has 1 aromatic rings. The summed E-state index contributed by atoms with van der Waals surface area (Å²) in [6, 6.07) is 5.39. The van der Waals surface area contributed by atoms with Crippen LogP contribution in [0.15, 0.2) is 34.1 Å². The number of amides is 1. The van der Waals surface area contributed by atoms with E-state index < -0.39 is 20.0 Å². The number of sulfonamides is 2. The maximum absolute atomic E-state index is 13.2. The first-order chi connectivity index (χ1) is 14.7. The van der Waals surface area contributed by atoms with Crippen LogP contribution in [0.1, 0.15) is 46.0 Å². The molecule has 0 spiro atoms. The van der Waals surface area contributed by atoms with Crippen molar-refractivity contribution in [1.29, 1.82) is 0 Å². The van der Waals surface area contributed by atoms with Gasteiger partial charge in [0.25, 0.3) is 0 Å². The molecule has 0 aromatic heterocycles. The summed E-state index contributed by atoms with van der Waals surface area (Å²) < 4.78 is 54.4. The van der Waals surface area contributed by atoms with Gasteiger partial charge in [0.1, 0.15) is 0 Å². The lowest BCUT2D eigenvalue weighted by Crippen LogP contribution is -2.47. The number of piperidine rings is 2. The molecule has 0 bridgehead atoms. The third kappa shape index (κ3) is 5.13. The van der Waals surface area contributed by atoms with Crippen LogP contribution in [-0.2, 0) is 24.8 Å². The van der Waals surface area contributed by atoms with Crippen molar-refractivity contribution in [2.24, 2.45) is 5.92 Å². The van der Waals surface area contributed by atoms with Crippen molar-refractivity contribution in [3.05, 3.63) is 24.3 Å². The van der Waals surface area contributed by atoms with Crippen LogP contribution in [0.25, 0.3) is 0 Å². The first-order valence-corrected chi connectivity index (χ1v) is 14.0. The molecule has 0 saturated carbocycles. The van der Waals surface area contributed by atoms with Crippen LogP contribution in [0.5, 0.6) is 0 Å². The maximum Gasteiger partial charge on any atom is 0.243 e. The summed E-state index contributed by atoms with van der Waals surface area (Å²) in [5.74, 6) is -0.260. The molecule has 2 aliphatic rings. The molecule has 174 valence electrons. The normalized spacial score (nSPS) is 21.4. The Balaban J connectivity index is 1.75.